The lowest BCUT2D eigenvalue weighted by atomic mass is 10.00. The van der Waals surface area contributed by atoms with E-state index in [1.165, 1.54) is 11.8 Å². The zero-order chi connectivity index (χ0) is 24.1. The van der Waals surface area contributed by atoms with E-state index in [9.17, 15) is 13.2 Å². The number of fused-ring (bicyclic) bond motifs is 1. The van der Waals surface area contributed by atoms with E-state index in [0.717, 1.165) is 42.6 Å². The Balaban J connectivity index is 1.32. The third-order valence-corrected chi connectivity index (χ3v) is 9.44. The normalized spacial score (nSPS) is 19.7. The topological polar surface area (TPSA) is 83.8 Å². The van der Waals surface area contributed by atoms with Crippen LogP contribution in [0, 0.1) is 5.92 Å². The van der Waals surface area contributed by atoms with E-state index in [4.69, 9.17) is 0 Å². The Morgan fingerprint density at radius 2 is 1.82 bits per heavy atom. The standard InChI is InChI=1S/C25H31N5O3S/c1-18(28-13-15-30(2,16-14-28)34(3,32)33)19-6-8-20(9-7-19)22-5-4-12-29-23(22)17-24(27-29)26-25(31)21-10-11-21/h4-9,12,17-18,21H,10-11,13-16H2,1-3H3/p+1/t18-/m1/s1. The Labute approximate surface area is 200 Å². The second kappa shape index (κ2) is 8.48. The smallest absolute Gasteiger partial charge is 0.294 e. The van der Waals surface area contributed by atoms with Crippen LogP contribution in [0.1, 0.15) is 31.4 Å². The number of pyridine rings is 1. The molecule has 5 rings (SSSR count). The number of hydrogen-bond acceptors (Lipinski definition) is 5. The van der Waals surface area contributed by atoms with Crippen molar-refractivity contribution in [2.75, 3.05) is 44.8 Å². The van der Waals surface area contributed by atoms with Gasteiger partial charge in [-0.2, -0.15) is 13.5 Å². The first kappa shape index (κ1) is 23.0. The van der Waals surface area contributed by atoms with Crippen LogP contribution in [0.15, 0.2) is 48.7 Å². The van der Waals surface area contributed by atoms with E-state index in [1.807, 2.05) is 25.4 Å². The van der Waals surface area contributed by atoms with Crippen LogP contribution in [-0.4, -0.2) is 72.2 Å². The summed E-state index contributed by atoms with van der Waals surface area (Å²) >= 11 is 0. The number of likely N-dealkylation sites (N-methyl/N-ethyl adjacent to an activating group) is 1. The third-order valence-electron chi connectivity index (χ3n) is 7.47. The molecule has 1 atom stereocenters. The molecule has 3 aromatic rings. The summed E-state index contributed by atoms with van der Waals surface area (Å²) in [6, 6.07) is 14.7. The lowest BCUT2D eigenvalue weighted by Gasteiger charge is -2.41. The fourth-order valence-electron chi connectivity index (χ4n) is 4.67. The molecule has 2 aromatic heterocycles. The molecule has 3 heterocycles. The summed E-state index contributed by atoms with van der Waals surface area (Å²) in [7, 11) is -1.31. The van der Waals surface area contributed by atoms with Crippen LogP contribution in [0.4, 0.5) is 5.82 Å². The second-order valence-corrected chi connectivity index (χ2v) is 12.2. The molecule has 1 saturated heterocycles. The summed E-state index contributed by atoms with van der Waals surface area (Å²) < 4.78 is 26.2. The molecule has 9 heteroatoms. The zero-order valence-corrected chi connectivity index (χ0v) is 20.8. The van der Waals surface area contributed by atoms with Gasteiger partial charge in [0, 0.05) is 42.9 Å². The highest BCUT2D eigenvalue weighted by atomic mass is 32.2. The number of amides is 1. The van der Waals surface area contributed by atoms with E-state index >= 15 is 0 Å². The van der Waals surface area contributed by atoms with Crippen LogP contribution >= 0.6 is 0 Å². The number of benzene rings is 1. The molecule has 34 heavy (non-hydrogen) atoms. The highest BCUT2D eigenvalue weighted by Gasteiger charge is 2.38. The molecule has 2 aliphatic rings. The van der Waals surface area contributed by atoms with Gasteiger partial charge in [-0.15, -0.1) is 0 Å². The van der Waals surface area contributed by atoms with Crippen LogP contribution in [-0.2, 0) is 14.8 Å². The first-order chi connectivity index (χ1) is 16.1. The molecule has 1 aromatic carbocycles. The molecule has 8 nitrogen and oxygen atoms in total. The molecule has 1 aliphatic heterocycles. The van der Waals surface area contributed by atoms with Gasteiger partial charge in [0.05, 0.1) is 18.8 Å². The minimum absolute atomic E-state index is 0.0525. The number of nitrogens with one attached hydrogen (secondary N) is 1. The minimum Gasteiger partial charge on any atom is -0.309 e. The lowest BCUT2D eigenvalue weighted by Crippen LogP contribution is -2.59. The van der Waals surface area contributed by atoms with Crippen molar-refractivity contribution in [3.8, 4) is 11.1 Å². The van der Waals surface area contributed by atoms with E-state index in [1.54, 1.807) is 4.52 Å². The monoisotopic (exact) mass is 482 g/mol. The molecule has 1 saturated carbocycles. The van der Waals surface area contributed by atoms with Gasteiger partial charge in [-0.05, 0) is 37.0 Å². The zero-order valence-electron chi connectivity index (χ0n) is 19.9. The van der Waals surface area contributed by atoms with Crippen molar-refractivity contribution in [2.45, 2.75) is 25.8 Å². The molecule has 0 spiro atoms. The van der Waals surface area contributed by atoms with E-state index in [2.05, 4.69) is 52.6 Å². The largest absolute Gasteiger partial charge is 0.309 e. The number of sulfonamides is 1. The summed E-state index contributed by atoms with van der Waals surface area (Å²) in [5.41, 5.74) is 4.29. The van der Waals surface area contributed by atoms with E-state index in [-0.39, 0.29) is 21.8 Å². The molecule has 2 fully saturated rings. The van der Waals surface area contributed by atoms with Crippen LogP contribution < -0.4 is 5.32 Å². The first-order valence-electron chi connectivity index (χ1n) is 11.8. The summed E-state index contributed by atoms with van der Waals surface area (Å²) in [6.07, 6.45) is 5.14. The number of hydrogen-bond donors (Lipinski definition) is 1. The Kier molecular flexibility index (Phi) is 5.74. The average molecular weight is 483 g/mol. The van der Waals surface area contributed by atoms with Crippen molar-refractivity contribution in [2.24, 2.45) is 5.92 Å². The number of rotatable bonds is 6. The van der Waals surface area contributed by atoms with Crippen molar-refractivity contribution in [1.82, 2.24) is 14.5 Å². The fraction of sp³-hybridized carbons (Fsp3) is 0.440. The predicted molar refractivity (Wildman–Crippen MR) is 133 cm³/mol. The summed E-state index contributed by atoms with van der Waals surface area (Å²) in [5, 5.41) is 7.45. The number of piperazine rings is 1. The van der Waals surface area contributed by atoms with Crippen LogP contribution in [0.5, 0.6) is 0 Å². The molecule has 1 N–H and O–H groups in total. The van der Waals surface area contributed by atoms with Gasteiger partial charge < -0.3 is 5.32 Å². The highest BCUT2D eigenvalue weighted by Crippen LogP contribution is 2.32. The number of carbonyl (C=O) groups is 1. The second-order valence-electron chi connectivity index (χ2n) is 9.86. The molecule has 0 bridgehead atoms. The van der Waals surface area contributed by atoms with Crippen LogP contribution in [0.2, 0.25) is 0 Å². The summed E-state index contributed by atoms with van der Waals surface area (Å²) in [6.45, 7) is 4.87. The molecular formula is C25H32N5O3S+. The fourth-order valence-corrected chi connectivity index (χ4v) is 5.50. The average Bonchev–Trinajstić information content (AvgIpc) is 3.58. The highest BCUT2D eigenvalue weighted by molar-refractivity contribution is 7.85. The van der Waals surface area contributed by atoms with Gasteiger partial charge in [0.1, 0.15) is 13.1 Å². The molecule has 0 unspecified atom stereocenters. The Morgan fingerprint density at radius 3 is 2.44 bits per heavy atom. The summed E-state index contributed by atoms with van der Waals surface area (Å²) in [5.74, 6) is 0.772. The molecule has 180 valence electrons. The van der Waals surface area contributed by atoms with Gasteiger partial charge in [-0.3, -0.25) is 9.69 Å². The van der Waals surface area contributed by atoms with Crippen molar-refractivity contribution < 1.29 is 17.1 Å². The third kappa shape index (κ3) is 4.35. The predicted octanol–water partition coefficient (Wildman–Crippen LogP) is 3.13. The quantitative estimate of drug-likeness (QED) is 0.546. The maximum Gasteiger partial charge on any atom is 0.294 e. The maximum atomic E-state index is 12.1. The van der Waals surface area contributed by atoms with Crippen LogP contribution in [0.25, 0.3) is 16.6 Å². The minimum atomic E-state index is -3.12. The first-order valence-corrected chi connectivity index (χ1v) is 13.7. The van der Waals surface area contributed by atoms with Crippen LogP contribution in [0.3, 0.4) is 0 Å². The maximum absolute atomic E-state index is 12.1. The summed E-state index contributed by atoms with van der Waals surface area (Å²) in [4.78, 5) is 14.5. The molecule has 0 radical (unpaired) electrons. The number of anilines is 1. The Bertz CT molecular complexity index is 1320. The SMILES string of the molecule is C[C@H](c1ccc(-c2cccn3nc(NC(=O)C4CC4)cc23)cc1)N1CC[N+](C)(S(C)(=O)=O)CC1. The number of carbonyl (C=O) groups excluding carboxylic acids is 1. The molecule has 1 amide bonds. The molecule has 1 aliphatic carbocycles. The number of quaternary nitrogens is 1. The van der Waals surface area contributed by atoms with E-state index < -0.39 is 10.0 Å². The molecular weight excluding hydrogens is 450 g/mol. The van der Waals surface area contributed by atoms with Gasteiger partial charge in [0.25, 0.3) is 10.0 Å². The Hall–Kier alpha value is -2.75. The van der Waals surface area contributed by atoms with Crippen molar-refractivity contribution in [3.63, 3.8) is 0 Å². The van der Waals surface area contributed by atoms with Gasteiger partial charge in [-0.25, -0.2) is 8.40 Å². The lowest BCUT2D eigenvalue weighted by molar-refractivity contribution is -0.790. The Morgan fingerprint density at radius 1 is 1.15 bits per heavy atom. The van der Waals surface area contributed by atoms with Gasteiger partial charge in [0.2, 0.25) is 5.91 Å². The van der Waals surface area contributed by atoms with Crippen molar-refractivity contribution in [3.05, 3.63) is 54.2 Å². The van der Waals surface area contributed by atoms with Gasteiger partial charge in [-0.1, -0.05) is 30.3 Å². The number of aromatic nitrogens is 2. The number of nitrogens with zero attached hydrogens (tertiary/aromatic N) is 4. The van der Waals surface area contributed by atoms with E-state index in [0.29, 0.717) is 18.9 Å². The van der Waals surface area contributed by atoms with Crippen molar-refractivity contribution in [1.29, 1.82) is 0 Å². The van der Waals surface area contributed by atoms with Crippen molar-refractivity contribution >= 4 is 27.3 Å². The van der Waals surface area contributed by atoms with Gasteiger partial charge in [0.15, 0.2) is 5.82 Å². The van der Waals surface area contributed by atoms with Gasteiger partial charge >= 0.3 is 0 Å².